The fourth-order valence-electron chi connectivity index (χ4n) is 2.15. The zero-order valence-electron chi connectivity index (χ0n) is 14.6. The number of methoxy groups -OCH3 is 1. The molecule has 128 valence electrons. The van der Waals surface area contributed by atoms with E-state index in [1.807, 2.05) is 5.38 Å². The summed E-state index contributed by atoms with van der Waals surface area (Å²) in [5.74, 6) is 0.350. The van der Waals surface area contributed by atoms with E-state index in [9.17, 15) is 9.59 Å². The van der Waals surface area contributed by atoms with Crippen LogP contribution in [0.15, 0.2) is 23.6 Å². The number of amides is 1. The number of ether oxygens (including phenoxy) is 1. The first kappa shape index (κ1) is 18.1. The van der Waals surface area contributed by atoms with Gasteiger partial charge in [-0.25, -0.2) is 4.98 Å². The van der Waals surface area contributed by atoms with E-state index in [1.165, 1.54) is 18.3 Å². The Balaban J connectivity index is 2.13. The number of hydrogen-bond donors (Lipinski definition) is 1. The van der Waals surface area contributed by atoms with Gasteiger partial charge in [-0.15, -0.1) is 11.3 Å². The molecule has 1 aromatic heterocycles. The predicted molar refractivity (Wildman–Crippen MR) is 96.1 cm³/mol. The van der Waals surface area contributed by atoms with E-state index in [1.54, 1.807) is 25.3 Å². The molecule has 0 fully saturated rings. The fraction of sp³-hybridized carbons (Fsp3) is 0.389. The van der Waals surface area contributed by atoms with E-state index in [0.717, 1.165) is 5.69 Å². The van der Waals surface area contributed by atoms with Crippen molar-refractivity contribution in [2.24, 2.45) is 0 Å². The number of benzene rings is 1. The van der Waals surface area contributed by atoms with Crippen molar-refractivity contribution in [2.45, 2.75) is 39.5 Å². The monoisotopic (exact) mass is 346 g/mol. The topological polar surface area (TPSA) is 68.3 Å². The van der Waals surface area contributed by atoms with Crippen LogP contribution >= 0.6 is 11.3 Å². The van der Waals surface area contributed by atoms with Gasteiger partial charge in [-0.2, -0.15) is 0 Å². The minimum atomic E-state index is -0.191. The number of anilines is 1. The maximum absolute atomic E-state index is 12.3. The second kappa shape index (κ2) is 7.13. The molecule has 0 radical (unpaired) electrons. The number of thiazole rings is 1. The molecule has 6 heteroatoms. The van der Waals surface area contributed by atoms with E-state index < -0.39 is 0 Å². The van der Waals surface area contributed by atoms with Crippen LogP contribution in [0.1, 0.15) is 49.3 Å². The molecule has 1 aromatic carbocycles. The van der Waals surface area contributed by atoms with E-state index in [0.29, 0.717) is 22.0 Å². The minimum absolute atomic E-state index is 0.0472. The second-order valence-electron chi connectivity index (χ2n) is 6.60. The van der Waals surface area contributed by atoms with Gasteiger partial charge in [-0.3, -0.25) is 9.59 Å². The van der Waals surface area contributed by atoms with Crippen molar-refractivity contribution in [2.75, 3.05) is 12.4 Å². The van der Waals surface area contributed by atoms with Gasteiger partial charge in [0.15, 0.2) is 10.9 Å². The van der Waals surface area contributed by atoms with E-state index in [2.05, 4.69) is 31.1 Å². The van der Waals surface area contributed by atoms with Crippen molar-refractivity contribution in [3.63, 3.8) is 0 Å². The number of Topliss-reactive ketones (excluding diaryl/α,β-unsaturated/α-hetero) is 1. The number of carbonyl (C=O) groups excluding carboxylic acids is 2. The Labute approximate surface area is 146 Å². The molecule has 2 aromatic rings. The van der Waals surface area contributed by atoms with E-state index in [-0.39, 0.29) is 23.5 Å². The summed E-state index contributed by atoms with van der Waals surface area (Å²) in [4.78, 5) is 28.3. The van der Waals surface area contributed by atoms with Gasteiger partial charge in [-0.1, -0.05) is 20.8 Å². The summed E-state index contributed by atoms with van der Waals surface area (Å²) in [5.41, 5.74) is 2.12. The highest BCUT2D eigenvalue weighted by Crippen LogP contribution is 2.27. The van der Waals surface area contributed by atoms with Gasteiger partial charge in [0, 0.05) is 21.9 Å². The summed E-state index contributed by atoms with van der Waals surface area (Å²) in [6.07, 6.45) is 0.120. The lowest BCUT2D eigenvalue weighted by Crippen LogP contribution is -2.16. The Kier molecular flexibility index (Phi) is 5.39. The Hall–Kier alpha value is -2.21. The summed E-state index contributed by atoms with van der Waals surface area (Å²) in [6, 6.07) is 5.10. The van der Waals surface area contributed by atoms with Crippen LogP contribution in [0.4, 0.5) is 5.13 Å². The summed E-state index contributed by atoms with van der Waals surface area (Å²) in [5, 5.41) is 5.34. The minimum Gasteiger partial charge on any atom is -0.496 e. The van der Waals surface area contributed by atoms with Crippen LogP contribution in [0.5, 0.6) is 5.75 Å². The molecule has 1 heterocycles. The molecular formula is C18H22N2O3S. The highest BCUT2D eigenvalue weighted by molar-refractivity contribution is 7.13. The van der Waals surface area contributed by atoms with Gasteiger partial charge in [0.2, 0.25) is 5.91 Å². The maximum Gasteiger partial charge on any atom is 0.230 e. The first-order valence-electron chi connectivity index (χ1n) is 7.64. The third-order valence-corrected chi connectivity index (χ3v) is 4.31. The lowest BCUT2D eigenvalue weighted by molar-refractivity contribution is -0.115. The molecule has 1 N–H and O–H groups in total. The van der Waals surface area contributed by atoms with Gasteiger partial charge >= 0.3 is 0 Å². The number of hydrogen-bond acceptors (Lipinski definition) is 5. The molecule has 0 aliphatic heterocycles. The largest absolute Gasteiger partial charge is 0.496 e. The molecule has 2 rings (SSSR count). The fourth-order valence-corrected chi connectivity index (χ4v) is 3.10. The summed E-state index contributed by atoms with van der Waals surface area (Å²) >= 11 is 1.40. The van der Waals surface area contributed by atoms with Crippen LogP contribution in [-0.4, -0.2) is 23.8 Å². The number of rotatable bonds is 5. The first-order valence-corrected chi connectivity index (χ1v) is 8.52. The second-order valence-corrected chi connectivity index (χ2v) is 7.45. The quantitative estimate of drug-likeness (QED) is 0.835. The third-order valence-electron chi connectivity index (χ3n) is 3.56. The maximum atomic E-state index is 12.3. The van der Waals surface area contributed by atoms with Crippen LogP contribution in [0, 0.1) is 0 Å². The average molecular weight is 346 g/mol. The molecule has 5 nitrogen and oxygen atoms in total. The standard InChI is InChI=1S/C18H22N2O3S/c1-11(21)12-6-7-14(23-5)13(8-12)9-16(22)20-17-19-15(10-24-17)18(2,3)4/h6-8,10H,9H2,1-5H3,(H,19,20,22). The molecule has 0 unspecified atom stereocenters. The molecule has 0 bridgehead atoms. The number of aromatic nitrogens is 1. The number of nitrogens with one attached hydrogen (secondary N) is 1. The van der Waals surface area contributed by atoms with Crippen molar-refractivity contribution >= 4 is 28.2 Å². The lowest BCUT2D eigenvalue weighted by atomic mass is 9.93. The van der Waals surface area contributed by atoms with Crippen LogP contribution < -0.4 is 10.1 Å². The van der Waals surface area contributed by atoms with Crippen LogP contribution in [0.3, 0.4) is 0 Å². The molecular weight excluding hydrogens is 324 g/mol. The molecule has 0 spiro atoms. The zero-order valence-corrected chi connectivity index (χ0v) is 15.4. The van der Waals surface area contributed by atoms with E-state index in [4.69, 9.17) is 4.74 Å². The van der Waals surface area contributed by atoms with Gasteiger partial charge in [-0.05, 0) is 25.1 Å². The Morgan fingerprint density at radius 3 is 2.54 bits per heavy atom. The molecule has 0 aliphatic carbocycles. The Bertz CT molecular complexity index is 760. The van der Waals surface area contributed by atoms with Crippen molar-refractivity contribution in [3.05, 3.63) is 40.4 Å². The summed E-state index contributed by atoms with van der Waals surface area (Å²) in [7, 11) is 1.54. The predicted octanol–water partition coefficient (Wildman–Crippen LogP) is 3.83. The lowest BCUT2D eigenvalue weighted by Gasteiger charge is -2.14. The number of carbonyl (C=O) groups is 2. The normalized spacial score (nSPS) is 11.2. The Morgan fingerprint density at radius 1 is 1.29 bits per heavy atom. The van der Waals surface area contributed by atoms with Crippen molar-refractivity contribution in [3.8, 4) is 5.75 Å². The third kappa shape index (κ3) is 4.41. The molecule has 0 saturated heterocycles. The molecule has 0 aliphatic rings. The Morgan fingerprint density at radius 2 is 2.00 bits per heavy atom. The summed E-state index contributed by atoms with van der Waals surface area (Å²) in [6.45, 7) is 7.72. The first-order chi connectivity index (χ1) is 11.2. The molecule has 0 atom stereocenters. The van der Waals surface area contributed by atoms with Gasteiger partial charge in [0.1, 0.15) is 5.75 Å². The molecule has 0 saturated carbocycles. The smallest absolute Gasteiger partial charge is 0.230 e. The van der Waals surface area contributed by atoms with Gasteiger partial charge in [0.25, 0.3) is 0 Å². The van der Waals surface area contributed by atoms with Gasteiger partial charge < -0.3 is 10.1 Å². The highest BCUT2D eigenvalue weighted by atomic mass is 32.1. The SMILES string of the molecule is COc1ccc(C(C)=O)cc1CC(=O)Nc1nc(C(C)(C)C)cs1. The van der Waals surface area contributed by atoms with E-state index >= 15 is 0 Å². The molecule has 1 amide bonds. The van der Waals surface area contributed by atoms with Crippen LogP contribution in [0.2, 0.25) is 0 Å². The van der Waals surface area contributed by atoms with Crippen molar-refractivity contribution in [1.82, 2.24) is 4.98 Å². The zero-order chi connectivity index (χ0) is 17.9. The van der Waals surface area contributed by atoms with Crippen LogP contribution in [-0.2, 0) is 16.6 Å². The van der Waals surface area contributed by atoms with Crippen molar-refractivity contribution in [1.29, 1.82) is 0 Å². The number of nitrogens with zero attached hydrogens (tertiary/aromatic N) is 1. The van der Waals surface area contributed by atoms with Gasteiger partial charge in [0.05, 0.1) is 19.2 Å². The molecule has 24 heavy (non-hydrogen) atoms. The number of ketones is 1. The van der Waals surface area contributed by atoms with Crippen molar-refractivity contribution < 1.29 is 14.3 Å². The summed E-state index contributed by atoms with van der Waals surface area (Å²) < 4.78 is 5.28. The highest BCUT2D eigenvalue weighted by Gasteiger charge is 2.18. The average Bonchev–Trinajstić information content (AvgIpc) is 2.95. The van der Waals surface area contributed by atoms with Crippen LogP contribution in [0.25, 0.3) is 0 Å².